The van der Waals surface area contributed by atoms with Crippen LogP contribution in [0.3, 0.4) is 0 Å². The Balaban J connectivity index is 2.93. The number of H-pyrrole nitrogens is 1. The molecule has 2 aromatic rings. The number of anilines is 1. The smallest absolute Gasteiger partial charge is 0.207 e. The molecule has 0 fully saturated rings. The van der Waals surface area contributed by atoms with Crippen LogP contribution < -0.4 is 10.9 Å². The molecule has 0 spiro atoms. The first-order valence-electron chi connectivity index (χ1n) is 4.32. The third-order valence-corrected chi connectivity index (χ3v) is 2.49. The first kappa shape index (κ1) is 10.5. The third-order valence-electron chi connectivity index (χ3n) is 2.19. The van der Waals surface area contributed by atoms with Crippen LogP contribution in [-0.4, -0.2) is 10.2 Å². The van der Waals surface area contributed by atoms with Gasteiger partial charge in [-0.15, -0.1) is 0 Å². The highest BCUT2D eigenvalue weighted by atomic mass is 35.5. The molecule has 80 valence electrons. The second-order valence-corrected chi connectivity index (χ2v) is 3.54. The van der Waals surface area contributed by atoms with E-state index < -0.39 is 5.43 Å². The molecule has 0 amide bonds. The number of fused-ring (bicyclic) bond motifs is 1. The topological polar surface area (TPSA) is 88.9 Å². The van der Waals surface area contributed by atoms with E-state index in [1.165, 1.54) is 18.3 Å². The number of nitrogens with zero attached hydrogens (tertiary/aromatic N) is 1. The van der Waals surface area contributed by atoms with Crippen LogP contribution in [0.4, 0.5) is 5.69 Å². The second kappa shape index (κ2) is 3.85. The maximum absolute atomic E-state index is 11.8. The highest BCUT2D eigenvalue weighted by Gasteiger charge is 2.08. The van der Waals surface area contributed by atoms with Gasteiger partial charge >= 0.3 is 0 Å². The van der Waals surface area contributed by atoms with Gasteiger partial charge in [0, 0.05) is 6.20 Å². The average molecular weight is 236 g/mol. The first-order valence-corrected chi connectivity index (χ1v) is 4.70. The largest absolute Gasteiger partial charge is 0.358 e. The number of aromatic amines is 1. The predicted octanol–water partition coefficient (Wildman–Crippen LogP) is 1.85. The lowest BCUT2D eigenvalue weighted by Gasteiger charge is -2.04. The van der Waals surface area contributed by atoms with Gasteiger partial charge in [0.15, 0.2) is 0 Å². The van der Waals surface area contributed by atoms with E-state index in [2.05, 4.69) is 4.98 Å². The van der Waals surface area contributed by atoms with Crippen molar-refractivity contribution in [1.82, 2.24) is 4.98 Å². The van der Waals surface area contributed by atoms with E-state index in [1.54, 1.807) is 6.07 Å². The van der Waals surface area contributed by atoms with E-state index in [-0.39, 0.29) is 21.7 Å². The van der Waals surface area contributed by atoms with Crippen molar-refractivity contribution in [2.24, 2.45) is 0 Å². The standard InChI is InChI=1S/C10H6ClN3O2/c11-8-2-6(14-16)1-7-9(8)13-4-5(3-12)10(7)15/h1-2,4,14,16H,(H,13,15). The molecule has 1 heterocycles. The van der Waals surface area contributed by atoms with Crippen molar-refractivity contribution in [2.75, 3.05) is 5.48 Å². The Kier molecular flexibility index (Phi) is 2.52. The summed E-state index contributed by atoms with van der Waals surface area (Å²) >= 11 is 5.90. The molecule has 1 aromatic carbocycles. The quantitative estimate of drug-likeness (QED) is 0.658. The SMILES string of the molecule is N#Cc1c[nH]c2c(Cl)cc(NO)cc2c1=O. The molecule has 0 unspecified atom stereocenters. The van der Waals surface area contributed by atoms with Crippen molar-refractivity contribution >= 4 is 28.2 Å². The number of halogens is 1. The van der Waals surface area contributed by atoms with Crippen molar-refractivity contribution in [3.8, 4) is 6.07 Å². The Morgan fingerprint density at radius 2 is 2.25 bits per heavy atom. The fourth-order valence-corrected chi connectivity index (χ4v) is 1.71. The molecular formula is C10H6ClN3O2. The summed E-state index contributed by atoms with van der Waals surface area (Å²) in [4.78, 5) is 14.5. The minimum atomic E-state index is -0.421. The van der Waals surface area contributed by atoms with Crippen LogP contribution >= 0.6 is 11.6 Å². The van der Waals surface area contributed by atoms with Crippen LogP contribution in [0.2, 0.25) is 5.02 Å². The number of nitriles is 1. The van der Waals surface area contributed by atoms with Gasteiger partial charge in [0.05, 0.1) is 21.6 Å². The zero-order valence-corrected chi connectivity index (χ0v) is 8.67. The second-order valence-electron chi connectivity index (χ2n) is 3.14. The van der Waals surface area contributed by atoms with Gasteiger partial charge in [-0.05, 0) is 12.1 Å². The van der Waals surface area contributed by atoms with Gasteiger partial charge in [0.25, 0.3) is 0 Å². The van der Waals surface area contributed by atoms with Crippen LogP contribution in [0.15, 0.2) is 23.1 Å². The van der Waals surface area contributed by atoms with Gasteiger partial charge in [-0.1, -0.05) is 11.6 Å². The van der Waals surface area contributed by atoms with Crippen molar-refractivity contribution in [1.29, 1.82) is 5.26 Å². The summed E-state index contributed by atoms with van der Waals surface area (Å²) < 4.78 is 0. The molecule has 0 aliphatic carbocycles. The number of rotatable bonds is 1. The lowest BCUT2D eigenvalue weighted by Crippen LogP contribution is -2.07. The number of hydrogen-bond donors (Lipinski definition) is 3. The van der Waals surface area contributed by atoms with E-state index >= 15 is 0 Å². The molecule has 0 saturated heterocycles. The van der Waals surface area contributed by atoms with E-state index in [1.807, 2.05) is 5.48 Å². The lowest BCUT2D eigenvalue weighted by atomic mass is 10.1. The van der Waals surface area contributed by atoms with E-state index in [0.717, 1.165) is 0 Å². The van der Waals surface area contributed by atoms with Crippen molar-refractivity contribution < 1.29 is 5.21 Å². The van der Waals surface area contributed by atoms with Gasteiger partial charge in [0.1, 0.15) is 11.6 Å². The molecule has 0 saturated carbocycles. The molecule has 0 radical (unpaired) electrons. The summed E-state index contributed by atoms with van der Waals surface area (Å²) in [6, 6.07) is 4.66. The lowest BCUT2D eigenvalue weighted by molar-refractivity contribution is 0.389. The fourth-order valence-electron chi connectivity index (χ4n) is 1.44. The normalized spacial score (nSPS) is 10.1. The maximum Gasteiger partial charge on any atom is 0.207 e. The van der Waals surface area contributed by atoms with E-state index in [9.17, 15) is 4.79 Å². The summed E-state index contributed by atoms with van der Waals surface area (Å²) in [5.74, 6) is 0. The number of nitrogens with one attached hydrogen (secondary N) is 2. The minimum absolute atomic E-state index is 0.00124. The minimum Gasteiger partial charge on any atom is -0.358 e. The zero-order chi connectivity index (χ0) is 11.7. The summed E-state index contributed by atoms with van der Waals surface area (Å²) in [5.41, 5.74) is 2.21. The molecule has 0 aliphatic rings. The van der Waals surface area contributed by atoms with Crippen LogP contribution in [0.25, 0.3) is 10.9 Å². The Morgan fingerprint density at radius 3 is 2.88 bits per heavy atom. The number of pyridine rings is 1. The van der Waals surface area contributed by atoms with Crippen LogP contribution in [0.5, 0.6) is 0 Å². The molecule has 2 rings (SSSR count). The third kappa shape index (κ3) is 1.50. The molecule has 16 heavy (non-hydrogen) atoms. The van der Waals surface area contributed by atoms with Gasteiger partial charge in [-0.3, -0.25) is 15.5 Å². The van der Waals surface area contributed by atoms with Crippen LogP contribution in [0, 0.1) is 11.3 Å². The first-order chi connectivity index (χ1) is 7.67. The molecule has 0 bridgehead atoms. The van der Waals surface area contributed by atoms with Crippen molar-refractivity contribution in [3.63, 3.8) is 0 Å². The zero-order valence-electron chi connectivity index (χ0n) is 7.91. The average Bonchev–Trinajstić information content (AvgIpc) is 2.30. The van der Waals surface area contributed by atoms with Crippen LogP contribution in [-0.2, 0) is 0 Å². The van der Waals surface area contributed by atoms with Gasteiger partial charge in [-0.25, -0.2) is 0 Å². The summed E-state index contributed by atoms with van der Waals surface area (Å²) in [6.07, 6.45) is 1.31. The molecule has 5 nitrogen and oxygen atoms in total. The van der Waals surface area contributed by atoms with Crippen molar-refractivity contribution in [3.05, 3.63) is 39.1 Å². The summed E-state index contributed by atoms with van der Waals surface area (Å²) in [5, 5.41) is 18.0. The maximum atomic E-state index is 11.8. The Bertz CT molecular complexity index is 657. The molecule has 0 aliphatic heterocycles. The number of hydrogen-bond acceptors (Lipinski definition) is 4. The Labute approximate surface area is 94.9 Å². The fraction of sp³-hybridized carbons (Fsp3) is 0. The highest BCUT2D eigenvalue weighted by Crippen LogP contribution is 2.24. The van der Waals surface area contributed by atoms with Crippen molar-refractivity contribution in [2.45, 2.75) is 0 Å². The molecule has 6 heteroatoms. The molecular weight excluding hydrogens is 230 g/mol. The summed E-state index contributed by atoms with van der Waals surface area (Å²) in [6.45, 7) is 0. The van der Waals surface area contributed by atoms with Crippen LogP contribution in [0.1, 0.15) is 5.56 Å². The Morgan fingerprint density at radius 1 is 1.50 bits per heavy atom. The van der Waals surface area contributed by atoms with Gasteiger partial charge in [0.2, 0.25) is 5.43 Å². The van der Waals surface area contributed by atoms with Gasteiger partial charge in [-0.2, -0.15) is 5.26 Å². The predicted molar refractivity (Wildman–Crippen MR) is 59.7 cm³/mol. The number of benzene rings is 1. The van der Waals surface area contributed by atoms with E-state index in [4.69, 9.17) is 22.1 Å². The molecule has 3 N–H and O–H groups in total. The Hall–Kier alpha value is -2.03. The van der Waals surface area contributed by atoms with E-state index in [0.29, 0.717) is 5.52 Å². The van der Waals surface area contributed by atoms with Gasteiger partial charge < -0.3 is 4.98 Å². The number of aromatic nitrogens is 1. The molecule has 0 atom stereocenters. The highest BCUT2D eigenvalue weighted by molar-refractivity contribution is 6.35. The monoisotopic (exact) mass is 235 g/mol. The molecule has 1 aromatic heterocycles. The summed E-state index contributed by atoms with van der Waals surface area (Å²) in [7, 11) is 0.